The number of fused-ring (bicyclic) bond motifs is 1. The monoisotopic (exact) mass is 330 g/mol. The van der Waals surface area contributed by atoms with Gasteiger partial charge in [-0.15, -0.1) is 0 Å². The standard InChI is InChI=1S/C18H30N6/c1-12(13-7-3-2-4-8-13)21-18-20-11-15-16(23-18)24(17(19)22-15)14-9-5-6-10-14/h11-14,17,22H,2-10,19H2,1H3,(H,20,21,23)/t12-,17?/m0/s1. The molecule has 1 aromatic rings. The van der Waals surface area contributed by atoms with E-state index in [9.17, 15) is 0 Å². The smallest absolute Gasteiger partial charge is 0.224 e. The molecule has 0 aromatic carbocycles. The summed E-state index contributed by atoms with van der Waals surface area (Å²) in [6.07, 6.45) is 13.4. The molecule has 1 aromatic heterocycles. The second-order valence-corrected chi connectivity index (χ2v) is 7.70. The Morgan fingerprint density at radius 1 is 1.17 bits per heavy atom. The van der Waals surface area contributed by atoms with Crippen molar-refractivity contribution >= 4 is 17.5 Å². The summed E-state index contributed by atoms with van der Waals surface area (Å²) in [5.41, 5.74) is 7.27. The molecule has 0 amide bonds. The topological polar surface area (TPSA) is 79.1 Å². The Kier molecular flexibility index (Phi) is 4.48. The number of aromatic nitrogens is 2. The van der Waals surface area contributed by atoms with Gasteiger partial charge in [-0.05, 0) is 38.5 Å². The second-order valence-electron chi connectivity index (χ2n) is 7.70. The van der Waals surface area contributed by atoms with E-state index in [2.05, 4.69) is 27.4 Å². The minimum absolute atomic E-state index is 0.177. The van der Waals surface area contributed by atoms with Crippen LogP contribution in [0.1, 0.15) is 64.7 Å². The molecule has 6 nitrogen and oxygen atoms in total. The fraction of sp³-hybridized carbons (Fsp3) is 0.778. The average molecular weight is 330 g/mol. The third-order valence-electron chi connectivity index (χ3n) is 6.05. The molecule has 2 fully saturated rings. The van der Waals surface area contributed by atoms with Gasteiger partial charge in [0.2, 0.25) is 5.95 Å². The van der Waals surface area contributed by atoms with Crippen LogP contribution >= 0.6 is 0 Å². The molecular weight excluding hydrogens is 300 g/mol. The summed E-state index contributed by atoms with van der Waals surface area (Å²) in [7, 11) is 0. The van der Waals surface area contributed by atoms with E-state index in [4.69, 9.17) is 10.7 Å². The molecule has 2 aliphatic carbocycles. The van der Waals surface area contributed by atoms with Crippen LogP contribution in [0.4, 0.5) is 17.5 Å². The molecule has 4 rings (SSSR count). The summed E-state index contributed by atoms with van der Waals surface area (Å²) in [6, 6.07) is 0.929. The quantitative estimate of drug-likeness (QED) is 0.786. The van der Waals surface area contributed by atoms with Gasteiger partial charge in [0.05, 0.1) is 11.9 Å². The van der Waals surface area contributed by atoms with E-state index in [1.807, 2.05) is 6.20 Å². The highest BCUT2D eigenvalue weighted by Crippen LogP contribution is 2.37. The predicted molar refractivity (Wildman–Crippen MR) is 98.0 cm³/mol. The lowest BCUT2D eigenvalue weighted by Gasteiger charge is -2.30. The highest BCUT2D eigenvalue weighted by molar-refractivity contribution is 5.72. The van der Waals surface area contributed by atoms with Gasteiger partial charge >= 0.3 is 0 Å². The van der Waals surface area contributed by atoms with Gasteiger partial charge in [-0.1, -0.05) is 32.1 Å². The normalized spacial score (nSPS) is 26.2. The summed E-state index contributed by atoms with van der Waals surface area (Å²) < 4.78 is 0. The van der Waals surface area contributed by atoms with Gasteiger partial charge in [-0.3, -0.25) is 5.73 Å². The molecule has 6 heteroatoms. The van der Waals surface area contributed by atoms with E-state index in [1.54, 1.807) is 0 Å². The summed E-state index contributed by atoms with van der Waals surface area (Å²) in [5.74, 6) is 2.45. The zero-order valence-corrected chi connectivity index (χ0v) is 14.7. The maximum absolute atomic E-state index is 6.30. The molecule has 0 spiro atoms. The molecule has 4 N–H and O–H groups in total. The minimum Gasteiger partial charge on any atom is -0.351 e. The van der Waals surface area contributed by atoms with Gasteiger partial charge in [0.15, 0.2) is 12.1 Å². The third kappa shape index (κ3) is 3.04. The van der Waals surface area contributed by atoms with E-state index < -0.39 is 0 Å². The molecule has 1 unspecified atom stereocenters. The first-order valence-electron chi connectivity index (χ1n) is 9.66. The molecular formula is C18H30N6. The lowest BCUT2D eigenvalue weighted by Crippen LogP contribution is -2.48. The van der Waals surface area contributed by atoms with Crippen LogP contribution in [0.15, 0.2) is 6.20 Å². The van der Waals surface area contributed by atoms with Crippen LogP contribution in [-0.2, 0) is 0 Å². The number of nitrogens with two attached hydrogens (primary N) is 1. The first-order chi connectivity index (χ1) is 11.7. The highest BCUT2D eigenvalue weighted by atomic mass is 15.4. The Balaban J connectivity index is 1.50. The SMILES string of the molecule is C[C@H](Nc1ncc2c(n1)N(C1CCCC1)C(N)N2)C1CCCCC1. The van der Waals surface area contributed by atoms with Gasteiger partial charge in [0.1, 0.15) is 0 Å². The van der Waals surface area contributed by atoms with Crippen molar-refractivity contribution in [2.24, 2.45) is 11.7 Å². The predicted octanol–water partition coefficient (Wildman–Crippen LogP) is 3.27. The fourth-order valence-electron chi connectivity index (χ4n) is 4.64. The molecule has 0 radical (unpaired) electrons. The van der Waals surface area contributed by atoms with Crippen LogP contribution in [0.5, 0.6) is 0 Å². The zero-order valence-electron chi connectivity index (χ0n) is 14.7. The van der Waals surface area contributed by atoms with Gasteiger partial charge in [-0.25, -0.2) is 4.98 Å². The van der Waals surface area contributed by atoms with Gasteiger partial charge in [0.25, 0.3) is 0 Å². The van der Waals surface area contributed by atoms with E-state index in [-0.39, 0.29) is 6.29 Å². The lowest BCUT2D eigenvalue weighted by atomic mass is 9.85. The number of hydrogen-bond acceptors (Lipinski definition) is 6. The van der Waals surface area contributed by atoms with Crippen LogP contribution in [0.3, 0.4) is 0 Å². The van der Waals surface area contributed by atoms with Crippen molar-refractivity contribution in [3.8, 4) is 0 Å². The molecule has 3 aliphatic rings. The summed E-state index contributed by atoms with van der Waals surface area (Å²) in [5, 5.41) is 6.87. The van der Waals surface area contributed by atoms with E-state index >= 15 is 0 Å². The minimum atomic E-state index is -0.177. The van der Waals surface area contributed by atoms with Crippen molar-refractivity contribution in [3.63, 3.8) is 0 Å². The van der Waals surface area contributed by atoms with Gasteiger partial charge < -0.3 is 15.5 Å². The maximum atomic E-state index is 6.30. The Morgan fingerprint density at radius 3 is 2.62 bits per heavy atom. The molecule has 2 heterocycles. The first kappa shape index (κ1) is 15.9. The summed E-state index contributed by atoms with van der Waals surface area (Å²) in [4.78, 5) is 11.6. The first-order valence-corrected chi connectivity index (χ1v) is 9.66. The van der Waals surface area contributed by atoms with Crippen molar-refractivity contribution < 1.29 is 0 Å². The number of nitrogens with one attached hydrogen (secondary N) is 2. The van der Waals surface area contributed by atoms with E-state index in [0.29, 0.717) is 12.1 Å². The van der Waals surface area contributed by atoms with Crippen LogP contribution in [0.25, 0.3) is 0 Å². The summed E-state index contributed by atoms with van der Waals surface area (Å²) >= 11 is 0. The van der Waals surface area contributed by atoms with Gasteiger partial charge in [-0.2, -0.15) is 4.98 Å². The lowest BCUT2D eigenvalue weighted by molar-refractivity contribution is 0.327. The van der Waals surface area contributed by atoms with E-state index in [1.165, 1.54) is 57.8 Å². The van der Waals surface area contributed by atoms with Gasteiger partial charge in [0, 0.05) is 12.1 Å². The van der Waals surface area contributed by atoms with Crippen LogP contribution in [0.2, 0.25) is 0 Å². The second kappa shape index (κ2) is 6.75. The molecule has 2 saturated carbocycles. The Labute approximate surface area is 144 Å². The average Bonchev–Trinajstić information content (AvgIpc) is 3.22. The number of hydrogen-bond donors (Lipinski definition) is 3. The molecule has 24 heavy (non-hydrogen) atoms. The molecule has 1 aliphatic heterocycles. The molecule has 2 atom stereocenters. The number of anilines is 3. The largest absolute Gasteiger partial charge is 0.351 e. The van der Waals surface area contributed by atoms with Crippen LogP contribution < -0.4 is 21.3 Å². The fourth-order valence-corrected chi connectivity index (χ4v) is 4.64. The van der Waals surface area contributed by atoms with E-state index in [0.717, 1.165) is 23.4 Å². The molecule has 0 bridgehead atoms. The van der Waals surface area contributed by atoms with Crippen molar-refractivity contribution in [1.82, 2.24) is 9.97 Å². The Bertz CT molecular complexity index is 565. The molecule has 132 valence electrons. The number of rotatable bonds is 4. The van der Waals surface area contributed by atoms with Crippen molar-refractivity contribution in [2.45, 2.75) is 83.1 Å². The summed E-state index contributed by atoms with van der Waals surface area (Å²) in [6.45, 7) is 2.27. The Hall–Kier alpha value is -1.56. The van der Waals surface area contributed by atoms with Crippen molar-refractivity contribution in [1.29, 1.82) is 0 Å². The number of nitrogens with zero attached hydrogens (tertiary/aromatic N) is 3. The van der Waals surface area contributed by atoms with Crippen LogP contribution in [0, 0.1) is 5.92 Å². The Morgan fingerprint density at radius 2 is 1.88 bits per heavy atom. The van der Waals surface area contributed by atoms with Crippen LogP contribution in [-0.4, -0.2) is 28.3 Å². The van der Waals surface area contributed by atoms with Crippen molar-refractivity contribution in [3.05, 3.63) is 6.20 Å². The van der Waals surface area contributed by atoms with Crippen molar-refractivity contribution in [2.75, 3.05) is 15.5 Å². The zero-order chi connectivity index (χ0) is 16.5. The molecule has 0 saturated heterocycles. The highest BCUT2D eigenvalue weighted by Gasteiger charge is 2.35. The maximum Gasteiger partial charge on any atom is 0.224 e. The third-order valence-corrected chi connectivity index (χ3v) is 6.05.